The summed E-state index contributed by atoms with van der Waals surface area (Å²) in [5, 5.41) is 3.38. The molecule has 0 aromatic heterocycles. The van der Waals surface area contributed by atoms with Crippen LogP contribution in [-0.2, 0) is 4.79 Å². The van der Waals surface area contributed by atoms with E-state index in [0.29, 0.717) is 11.8 Å². The number of ketones is 1. The van der Waals surface area contributed by atoms with E-state index in [9.17, 15) is 4.79 Å². The SMILES string of the molecule is CCCCC(=O)[C@H]1CCC[C@H](C)N1.Cl. The minimum absolute atomic E-state index is 0. The van der Waals surface area contributed by atoms with E-state index in [1.165, 1.54) is 12.8 Å². The van der Waals surface area contributed by atoms with Gasteiger partial charge in [0.15, 0.2) is 0 Å². The summed E-state index contributed by atoms with van der Waals surface area (Å²) in [5.41, 5.74) is 0. The third-order valence-corrected chi connectivity index (χ3v) is 2.78. The van der Waals surface area contributed by atoms with Crippen molar-refractivity contribution in [3.63, 3.8) is 0 Å². The molecule has 0 amide bonds. The largest absolute Gasteiger partial charge is 0.305 e. The van der Waals surface area contributed by atoms with E-state index in [-0.39, 0.29) is 18.4 Å². The first-order valence-corrected chi connectivity index (χ1v) is 5.52. The minimum atomic E-state index is 0. The van der Waals surface area contributed by atoms with Gasteiger partial charge in [-0.05, 0) is 32.6 Å². The maximum Gasteiger partial charge on any atom is 0.149 e. The van der Waals surface area contributed by atoms with Crippen molar-refractivity contribution in [2.45, 2.75) is 64.5 Å². The monoisotopic (exact) mass is 219 g/mol. The van der Waals surface area contributed by atoms with Crippen molar-refractivity contribution in [3.05, 3.63) is 0 Å². The number of hydrogen-bond donors (Lipinski definition) is 1. The summed E-state index contributed by atoms with van der Waals surface area (Å²) in [4.78, 5) is 11.6. The molecular weight excluding hydrogens is 198 g/mol. The van der Waals surface area contributed by atoms with Crippen molar-refractivity contribution >= 4 is 18.2 Å². The number of carbonyl (C=O) groups is 1. The number of Topliss-reactive ketones (excluding diaryl/α,β-unsaturated/α-hetero) is 1. The zero-order valence-corrected chi connectivity index (χ0v) is 10.0. The number of halogens is 1. The maximum absolute atomic E-state index is 11.6. The van der Waals surface area contributed by atoms with Gasteiger partial charge in [0, 0.05) is 12.5 Å². The Hall–Kier alpha value is -0.0800. The molecule has 0 unspecified atom stereocenters. The van der Waals surface area contributed by atoms with Gasteiger partial charge in [0.25, 0.3) is 0 Å². The second-order valence-corrected chi connectivity index (χ2v) is 4.12. The molecule has 0 spiro atoms. The topological polar surface area (TPSA) is 29.1 Å². The van der Waals surface area contributed by atoms with Gasteiger partial charge in [0.2, 0.25) is 0 Å². The minimum Gasteiger partial charge on any atom is -0.305 e. The van der Waals surface area contributed by atoms with Gasteiger partial charge in [0.05, 0.1) is 6.04 Å². The van der Waals surface area contributed by atoms with Crippen molar-refractivity contribution in [1.29, 1.82) is 0 Å². The lowest BCUT2D eigenvalue weighted by Gasteiger charge is -2.27. The fourth-order valence-corrected chi connectivity index (χ4v) is 1.92. The lowest BCUT2D eigenvalue weighted by atomic mass is 9.94. The van der Waals surface area contributed by atoms with Crippen molar-refractivity contribution in [3.8, 4) is 0 Å². The van der Waals surface area contributed by atoms with Crippen LogP contribution >= 0.6 is 12.4 Å². The fraction of sp³-hybridized carbons (Fsp3) is 0.909. The molecular formula is C11H22ClNO. The zero-order valence-electron chi connectivity index (χ0n) is 9.21. The molecule has 1 rings (SSSR count). The zero-order chi connectivity index (χ0) is 9.68. The number of carbonyl (C=O) groups excluding carboxylic acids is 1. The molecule has 2 atom stereocenters. The van der Waals surface area contributed by atoms with Crippen molar-refractivity contribution in [2.75, 3.05) is 0 Å². The van der Waals surface area contributed by atoms with Crippen molar-refractivity contribution < 1.29 is 4.79 Å². The van der Waals surface area contributed by atoms with Gasteiger partial charge in [-0.3, -0.25) is 4.79 Å². The Morgan fingerprint density at radius 1 is 1.43 bits per heavy atom. The number of hydrogen-bond acceptors (Lipinski definition) is 2. The fourth-order valence-electron chi connectivity index (χ4n) is 1.92. The molecule has 1 aliphatic rings. The molecule has 2 nitrogen and oxygen atoms in total. The van der Waals surface area contributed by atoms with Crippen LogP contribution in [0.25, 0.3) is 0 Å². The van der Waals surface area contributed by atoms with Gasteiger partial charge in [-0.1, -0.05) is 13.3 Å². The van der Waals surface area contributed by atoms with Crippen molar-refractivity contribution in [2.24, 2.45) is 0 Å². The van der Waals surface area contributed by atoms with E-state index in [4.69, 9.17) is 0 Å². The van der Waals surface area contributed by atoms with E-state index in [2.05, 4.69) is 19.2 Å². The number of unbranched alkanes of at least 4 members (excludes halogenated alkanes) is 1. The Kier molecular flexibility index (Phi) is 7.20. The van der Waals surface area contributed by atoms with Crippen LogP contribution in [-0.4, -0.2) is 17.9 Å². The molecule has 0 aromatic rings. The molecule has 0 bridgehead atoms. The summed E-state index contributed by atoms with van der Waals surface area (Å²) in [6.45, 7) is 4.30. The predicted molar refractivity (Wildman–Crippen MR) is 62.0 cm³/mol. The van der Waals surface area contributed by atoms with E-state index < -0.39 is 0 Å². The lowest BCUT2D eigenvalue weighted by molar-refractivity contribution is -0.122. The lowest BCUT2D eigenvalue weighted by Crippen LogP contribution is -2.45. The highest BCUT2D eigenvalue weighted by Gasteiger charge is 2.22. The molecule has 1 N–H and O–H groups in total. The molecule has 3 heteroatoms. The number of rotatable bonds is 4. The second-order valence-electron chi connectivity index (χ2n) is 4.12. The van der Waals surface area contributed by atoms with Gasteiger partial charge in [-0.2, -0.15) is 0 Å². The predicted octanol–water partition coefficient (Wildman–Crippen LogP) is 2.70. The summed E-state index contributed by atoms with van der Waals surface area (Å²) in [5.74, 6) is 0.424. The molecule has 1 aliphatic heterocycles. The van der Waals surface area contributed by atoms with Gasteiger partial charge in [0.1, 0.15) is 5.78 Å². The maximum atomic E-state index is 11.6. The van der Waals surface area contributed by atoms with Crippen LogP contribution in [0.2, 0.25) is 0 Å². The standard InChI is InChI=1S/C11H21NO.ClH/c1-3-4-8-11(13)10-7-5-6-9(2)12-10;/h9-10,12H,3-8H2,1-2H3;1H/t9-,10+;/m0./s1. The third-order valence-electron chi connectivity index (χ3n) is 2.78. The van der Waals surface area contributed by atoms with Crippen LogP contribution in [0.15, 0.2) is 0 Å². The summed E-state index contributed by atoms with van der Waals surface area (Å²) >= 11 is 0. The molecule has 0 radical (unpaired) electrons. The Bertz CT molecular complexity index is 173. The summed E-state index contributed by atoms with van der Waals surface area (Å²) in [6.07, 6.45) is 6.40. The van der Waals surface area contributed by atoms with E-state index in [0.717, 1.165) is 25.7 Å². The number of nitrogens with one attached hydrogen (secondary N) is 1. The normalized spacial score (nSPS) is 26.7. The average Bonchev–Trinajstić information content (AvgIpc) is 2.14. The van der Waals surface area contributed by atoms with Gasteiger partial charge in [-0.15, -0.1) is 12.4 Å². The third kappa shape index (κ3) is 4.43. The molecule has 1 heterocycles. The molecule has 1 fully saturated rings. The average molecular weight is 220 g/mol. The Morgan fingerprint density at radius 2 is 2.14 bits per heavy atom. The highest BCUT2D eigenvalue weighted by Crippen LogP contribution is 2.14. The van der Waals surface area contributed by atoms with Crippen molar-refractivity contribution in [1.82, 2.24) is 5.32 Å². The summed E-state index contributed by atoms with van der Waals surface area (Å²) in [6, 6.07) is 0.694. The molecule has 0 aliphatic carbocycles. The quantitative estimate of drug-likeness (QED) is 0.788. The first-order valence-electron chi connectivity index (χ1n) is 5.52. The van der Waals surface area contributed by atoms with E-state index in [1.807, 2.05) is 0 Å². The molecule has 1 saturated heterocycles. The van der Waals surface area contributed by atoms with Crippen LogP contribution in [0.4, 0.5) is 0 Å². The van der Waals surface area contributed by atoms with Crippen LogP contribution < -0.4 is 5.32 Å². The first kappa shape index (κ1) is 13.9. The first-order chi connectivity index (χ1) is 6.24. The Balaban J connectivity index is 0.00000169. The van der Waals surface area contributed by atoms with Gasteiger partial charge < -0.3 is 5.32 Å². The Labute approximate surface area is 93.2 Å². The molecule has 14 heavy (non-hydrogen) atoms. The summed E-state index contributed by atoms with van der Waals surface area (Å²) in [7, 11) is 0. The van der Waals surface area contributed by atoms with Crippen LogP contribution in [0.3, 0.4) is 0 Å². The van der Waals surface area contributed by atoms with E-state index in [1.54, 1.807) is 0 Å². The van der Waals surface area contributed by atoms with Gasteiger partial charge >= 0.3 is 0 Å². The van der Waals surface area contributed by atoms with Crippen LogP contribution in [0, 0.1) is 0 Å². The highest BCUT2D eigenvalue weighted by molar-refractivity contribution is 5.85. The van der Waals surface area contributed by atoms with Crippen LogP contribution in [0.1, 0.15) is 52.4 Å². The smallest absolute Gasteiger partial charge is 0.149 e. The molecule has 84 valence electrons. The van der Waals surface area contributed by atoms with Gasteiger partial charge in [-0.25, -0.2) is 0 Å². The Morgan fingerprint density at radius 3 is 2.71 bits per heavy atom. The van der Waals surface area contributed by atoms with Crippen LogP contribution in [0.5, 0.6) is 0 Å². The summed E-state index contributed by atoms with van der Waals surface area (Å²) < 4.78 is 0. The highest BCUT2D eigenvalue weighted by atomic mass is 35.5. The van der Waals surface area contributed by atoms with E-state index >= 15 is 0 Å². The molecule has 0 saturated carbocycles. The second kappa shape index (κ2) is 7.24. The number of piperidine rings is 1. The molecule has 0 aromatic carbocycles.